The summed E-state index contributed by atoms with van der Waals surface area (Å²) in [7, 11) is 0. The molecule has 2 heterocycles. The van der Waals surface area contributed by atoms with Gasteiger partial charge in [-0.25, -0.2) is 0 Å². The third kappa shape index (κ3) is 4.40. The Balaban J connectivity index is 1.61. The van der Waals surface area contributed by atoms with Crippen LogP contribution in [0, 0.1) is 5.92 Å². The van der Waals surface area contributed by atoms with E-state index in [0.717, 1.165) is 18.8 Å². The van der Waals surface area contributed by atoms with Gasteiger partial charge in [0.1, 0.15) is 0 Å². The molecule has 1 aliphatic heterocycles. The third-order valence-corrected chi connectivity index (χ3v) is 3.18. The van der Waals surface area contributed by atoms with Crippen molar-refractivity contribution >= 4 is 0 Å². The van der Waals surface area contributed by atoms with Crippen molar-refractivity contribution in [1.82, 2.24) is 20.2 Å². The molecule has 0 aromatic carbocycles. The lowest BCUT2D eigenvalue weighted by atomic mass is 10.1. The molecule has 0 radical (unpaired) electrons. The summed E-state index contributed by atoms with van der Waals surface area (Å²) < 4.78 is 0. The monoisotopic (exact) mass is 234 g/mol. The second kappa shape index (κ2) is 6.67. The molecule has 1 saturated heterocycles. The number of nitrogens with one attached hydrogen (secondary N) is 1. The van der Waals surface area contributed by atoms with Crippen molar-refractivity contribution in [1.29, 1.82) is 0 Å². The van der Waals surface area contributed by atoms with Gasteiger partial charge >= 0.3 is 0 Å². The lowest BCUT2D eigenvalue weighted by Crippen LogP contribution is -2.31. The van der Waals surface area contributed by atoms with Gasteiger partial charge in [0.2, 0.25) is 0 Å². The summed E-state index contributed by atoms with van der Waals surface area (Å²) in [5.74, 6) is 0.699. The number of likely N-dealkylation sites (tertiary alicyclic amines) is 1. The van der Waals surface area contributed by atoms with Gasteiger partial charge in [0.15, 0.2) is 0 Å². The molecule has 1 fully saturated rings. The van der Waals surface area contributed by atoms with E-state index in [1.165, 1.54) is 32.5 Å². The molecule has 2 rings (SSSR count). The molecule has 0 saturated carbocycles. The van der Waals surface area contributed by atoms with Crippen molar-refractivity contribution in [3.8, 4) is 0 Å². The van der Waals surface area contributed by atoms with Gasteiger partial charge in [0, 0.05) is 31.7 Å². The van der Waals surface area contributed by atoms with E-state index in [1.807, 2.05) is 6.20 Å². The first-order valence-electron chi connectivity index (χ1n) is 6.52. The van der Waals surface area contributed by atoms with Crippen LogP contribution in [0.1, 0.15) is 25.5 Å². The van der Waals surface area contributed by atoms with Crippen molar-refractivity contribution < 1.29 is 0 Å². The predicted molar refractivity (Wildman–Crippen MR) is 68.6 cm³/mol. The largest absolute Gasteiger partial charge is 0.311 e. The highest BCUT2D eigenvalue weighted by atomic mass is 15.1. The van der Waals surface area contributed by atoms with Crippen LogP contribution in [0.15, 0.2) is 18.6 Å². The molecule has 4 nitrogen and oxygen atoms in total. The highest BCUT2D eigenvalue weighted by Gasteiger charge is 2.14. The number of hydrogen-bond acceptors (Lipinski definition) is 4. The fourth-order valence-corrected chi connectivity index (χ4v) is 2.34. The number of nitrogens with zero attached hydrogens (tertiary/aromatic N) is 3. The first-order chi connectivity index (χ1) is 8.34. The van der Waals surface area contributed by atoms with Crippen LogP contribution in [-0.4, -0.2) is 41.0 Å². The molecule has 0 spiro atoms. The van der Waals surface area contributed by atoms with Crippen LogP contribution >= 0.6 is 0 Å². The van der Waals surface area contributed by atoms with E-state index in [9.17, 15) is 0 Å². The van der Waals surface area contributed by atoms with Gasteiger partial charge in [-0.15, -0.1) is 0 Å². The van der Waals surface area contributed by atoms with Crippen molar-refractivity contribution in [2.75, 3.05) is 26.2 Å². The quantitative estimate of drug-likeness (QED) is 0.805. The second-order valence-electron chi connectivity index (χ2n) is 4.94. The van der Waals surface area contributed by atoms with Crippen LogP contribution in [0.4, 0.5) is 0 Å². The normalized spacial score (nSPS) is 18.4. The minimum absolute atomic E-state index is 0.699. The molecule has 1 unspecified atom stereocenters. The highest BCUT2D eigenvalue weighted by molar-refractivity contribution is 4.93. The third-order valence-electron chi connectivity index (χ3n) is 3.18. The summed E-state index contributed by atoms with van der Waals surface area (Å²) in [4.78, 5) is 10.9. The molecule has 1 N–H and O–H groups in total. The zero-order chi connectivity index (χ0) is 11.9. The Morgan fingerprint density at radius 2 is 2.18 bits per heavy atom. The van der Waals surface area contributed by atoms with Gasteiger partial charge in [-0.1, -0.05) is 6.92 Å². The lowest BCUT2D eigenvalue weighted by molar-refractivity contribution is 0.282. The van der Waals surface area contributed by atoms with Crippen LogP contribution in [-0.2, 0) is 6.54 Å². The van der Waals surface area contributed by atoms with Crippen molar-refractivity contribution in [2.24, 2.45) is 5.92 Å². The highest BCUT2D eigenvalue weighted by Crippen LogP contribution is 2.09. The minimum atomic E-state index is 0.699. The van der Waals surface area contributed by atoms with E-state index in [-0.39, 0.29) is 0 Å². The minimum Gasteiger partial charge on any atom is -0.311 e. The average molecular weight is 234 g/mol. The molecule has 1 aromatic rings. The fourth-order valence-electron chi connectivity index (χ4n) is 2.34. The summed E-state index contributed by atoms with van der Waals surface area (Å²) >= 11 is 0. The van der Waals surface area contributed by atoms with Gasteiger partial charge in [0.05, 0.1) is 5.69 Å². The van der Waals surface area contributed by atoms with Gasteiger partial charge in [-0.2, -0.15) is 0 Å². The number of rotatable bonds is 6. The first kappa shape index (κ1) is 12.5. The molecular weight excluding hydrogens is 212 g/mol. The van der Waals surface area contributed by atoms with E-state index in [1.54, 1.807) is 12.4 Å². The van der Waals surface area contributed by atoms with Crippen LogP contribution in [0.2, 0.25) is 0 Å². The van der Waals surface area contributed by atoms with E-state index in [4.69, 9.17) is 0 Å². The molecule has 17 heavy (non-hydrogen) atoms. The topological polar surface area (TPSA) is 41.1 Å². The van der Waals surface area contributed by atoms with Crippen LogP contribution in [0.5, 0.6) is 0 Å². The molecule has 94 valence electrons. The Morgan fingerprint density at radius 1 is 1.35 bits per heavy atom. The fraction of sp³-hybridized carbons (Fsp3) is 0.692. The maximum atomic E-state index is 4.24. The zero-order valence-corrected chi connectivity index (χ0v) is 10.6. The van der Waals surface area contributed by atoms with E-state index in [0.29, 0.717) is 5.92 Å². The molecule has 1 aliphatic rings. The van der Waals surface area contributed by atoms with Crippen molar-refractivity contribution in [3.05, 3.63) is 24.3 Å². The summed E-state index contributed by atoms with van der Waals surface area (Å²) in [6, 6.07) is 0. The zero-order valence-electron chi connectivity index (χ0n) is 10.6. The lowest BCUT2D eigenvalue weighted by Gasteiger charge is -2.20. The Hall–Kier alpha value is -1.00. The number of aromatic nitrogens is 2. The Bertz CT molecular complexity index is 308. The van der Waals surface area contributed by atoms with Gasteiger partial charge in [-0.05, 0) is 38.4 Å². The van der Waals surface area contributed by atoms with E-state index >= 15 is 0 Å². The Labute approximate surface area is 103 Å². The summed E-state index contributed by atoms with van der Waals surface area (Å²) in [5, 5.41) is 3.45. The average Bonchev–Trinajstić information content (AvgIpc) is 2.83. The molecular formula is C13H22N4. The SMILES string of the molecule is CC(CNCc1cnccn1)CN1CCCC1. The Kier molecular flexibility index (Phi) is 4.88. The standard InChI is InChI=1S/C13H22N4/c1-12(11-17-6-2-3-7-17)8-15-10-13-9-14-4-5-16-13/h4-5,9,12,15H,2-3,6-8,10-11H2,1H3. The molecule has 0 amide bonds. The Morgan fingerprint density at radius 3 is 2.88 bits per heavy atom. The predicted octanol–water partition coefficient (Wildman–Crippen LogP) is 1.30. The van der Waals surface area contributed by atoms with Crippen LogP contribution in [0.25, 0.3) is 0 Å². The smallest absolute Gasteiger partial charge is 0.0724 e. The first-order valence-corrected chi connectivity index (χ1v) is 6.52. The van der Waals surface area contributed by atoms with Crippen molar-refractivity contribution in [2.45, 2.75) is 26.3 Å². The van der Waals surface area contributed by atoms with Crippen LogP contribution < -0.4 is 5.32 Å². The summed E-state index contributed by atoms with van der Waals surface area (Å²) in [6.45, 7) is 7.96. The maximum Gasteiger partial charge on any atom is 0.0724 e. The van der Waals surface area contributed by atoms with E-state index < -0.39 is 0 Å². The van der Waals surface area contributed by atoms with Gasteiger partial charge in [-0.3, -0.25) is 9.97 Å². The maximum absolute atomic E-state index is 4.24. The van der Waals surface area contributed by atoms with E-state index in [2.05, 4.69) is 27.1 Å². The van der Waals surface area contributed by atoms with Crippen LogP contribution in [0.3, 0.4) is 0 Å². The molecule has 0 bridgehead atoms. The summed E-state index contributed by atoms with van der Waals surface area (Å²) in [5.41, 5.74) is 1.01. The summed E-state index contributed by atoms with van der Waals surface area (Å²) in [6.07, 6.45) is 8.02. The molecule has 1 atom stereocenters. The van der Waals surface area contributed by atoms with Gasteiger partial charge in [0.25, 0.3) is 0 Å². The second-order valence-corrected chi connectivity index (χ2v) is 4.94. The molecule has 4 heteroatoms. The van der Waals surface area contributed by atoms with Gasteiger partial charge < -0.3 is 10.2 Å². The molecule has 0 aliphatic carbocycles. The van der Waals surface area contributed by atoms with Crippen molar-refractivity contribution in [3.63, 3.8) is 0 Å². The molecule has 1 aromatic heterocycles. The number of hydrogen-bond donors (Lipinski definition) is 1.